The lowest BCUT2D eigenvalue weighted by Gasteiger charge is -2.21. The highest BCUT2D eigenvalue weighted by Gasteiger charge is 2.22. The summed E-state index contributed by atoms with van der Waals surface area (Å²) < 4.78 is 0. The Bertz CT molecular complexity index is 360. The summed E-state index contributed by atoms with van der Waals surface area (Å²) in [6.45, 7) is 2.24. The number of aliphatic hydroxyl groups is 1. The molecular weight excluding hydrogens is 166 g/mol. The number of hydrogen-bond acceptors (Lipinski definition) is 2. The first-order valence-electron chi connectivity index (χ1n) is 4.25. The van der Waals surface area contributed by atoms with E-state index in [1.165, 1.54) is 0 Å². The van der Waals surface area contributed by atoms with E-state index in [0.29, 0.717) is 12.1 Å². The molecule has 2 rings (SSSR count). The highest BCUT2D eigenvalue weighted by molar-refractivity contribution is 5.97. The molecule has 1 heterocycles. The summed E-state index contributed by atoms with van der Waals surface area (Å²) in [5.41, 5.74) is 2.36. The number of rotatable bonds is 0. The van der Waals surface area contributed by atoms with Gasteiger partial charge in [-0.05, 0) is 18.6 Å². The monoisotopic (exact) mass is 177 g/mol. The minimum Gasteiger partial charge on any atom is -0.387 e. The molecule has 1 aromatic rings. The van der Waals surface area contributed by atoms with Crippen molar-refractivity contribution in [3.63, 3.8) is 0 Å². The fourth-order valence-corrected chi connectivity index (χ4v) is 1.55. The Kier molecular flexibility index (Phi) is 1.81. The Morgan fingerprint density at radius 3 is 3.08 bits per heavy atom. The maximum atomic E-state index is 11.4. The van der Waals surface area contributed by atoms with Crippen molar-refractivity contribution in [2.45, 2.75) is 13.0 Å². The highest BCUT2D eigenvalue weighted by atomic mass is 16.3. The molecular formula is C10H11NO2. The van der Waals surface area contributed by atoms with Crippen LogP contribution in [0.25, 0.3) is 0 Å². The van der Waals surface area contributed by atoms with E-state index >= 15 is 0 Å². The number of carbonyl (C=O) groups is 1. The van der Waals surface area contributed by atoms with E-state index in [4.69, 9.17) is 0 Å². The molecule has 0 aromatic heterocycles. The summed E-state index contributed by atoms with van der Waals surface area (Å²) in [7, 11) is 0. The van der Waals surface area contributed by atoms with E-state index in [2.05, 4.69) is 5.32 Å². The van der Waals surface area contributed by atoms with E-state index in [1.807, 2.05) is 19.1 Å². The van der Waals surface area contributed by atoms with Crippen LogP contribution < -0.4 is 5.32 Å². The van der Waals surface area contributed by atoms with E-state index in [0.717, 1.165) is 11.1 Å². The lowest BCUT2D eigenvalue weighted by Crippen LogP contribution is -2.34. The molecule has 68 valence electrons. The van der Waals surface area contributed by atoms with Crippen LogP contribution in [0.4, 0.5) is 0 Å². The van der Waals surface area contributed by atoms with Crippen molar-refractivity contribution in [1.82, 2.24) is 5.32 Å². The maximum Gasteiger partial charge on any atom is 0.251 e. The van der Waals surface area contributed by atoms with Crippen LogP contribution in [0.3, 0.4) is 0 Å². The number of β-amino-alcohol motifs (C(OH)–C–C–N with tert-alkyl or cyclic N) is 1. The van der Waals surface area contributed by atoms with Gasteiger partial charge in [-0.2, -0.15) is 0 Å². The lowest BCUT2D eigenvalue weighted by molar-refractivity contribution is 0.0876. The van der Waals surface area contributed by atoms with Crippen LogP contribution >= 0.6 is 0 Å². The van der Waals surface area contributed by atoms with Crippen LogP contribution in [0.15, 0.2) is 18.2 Å². The predicted octanol–water partition coefficient (Wildman–Crippen LogP) is 0.772. The predicted molar refractivity (Wildman–Crippen MR) is 48.5 cm³/mol. The Morgan fingerprint density at radius 1 is 1.54 bits per heavy atom. The third-order valence-corrected chi connectivity index (χ3v) is 2.27. The third kappa shape index (κ3) is 1.31. The molecule has 2 N–H and O–H groups in total. The quantitative estimate of drug-likeness (QED) is 0.615. The molecule has 0 aliphatic carbocycles. The van der Waals surface area contributed by atoms with Gasteiger partial charge in [0.25, 0.3) is 5.91 Å². The molecule has 1 aliphatic rings. The van der Waals surface area contributed by atoms with Gasteiger partial charge in [0, 0.05) is 12.1 Å². The smallest absolute Gasteiger partial charge is 0.251 e. The first-order chi connectivity index (χ1) is 6.18. The van der Waals surface area contributed by atoms with Crippen molar-refractivity contribution in [2.75, 3.05) is 6.54 Å². The first-order valence-corrected chi connectivity index (χ1v) is 4.25. The second-order valence-corrected chi connectivity index (χ2v) is 3.32. The topological polar surface area (TPSA) is 49.3 Å². The van der Waals surface area contributed by atoms with Gasteiger partial charge < -0.3 is 10.4 Å². The Hall–Kier alpha value is -1.35. The summed E-state index contributed by atoms with van der Waals surface area (Å²) in [4.78, 5) is 11.4. The minimum atomic E-state index is -0.562. The molecule has 0 fully saturated rings. The van der Waals surface area contributed by atoms with Gasteiger partial charge in [-0.25, -0.2) is 0 Å². The molecule has 0 saturated carbocycles. The van der Waals surface area contributed by atoms with Gasteiger partial charge in [0.2, 0.25) is 0 Å². The summed E-state index contributed by atoms with van der Waals surface area (Å²) >= 11 is 0. The lowest BCUT2D eigenvalue weighted by atomic mass is 9.96. The second kappa shape index (κ2) is 2.85. The van der Waals surface area contributed by atoms with Gasteiger partial charge in [-0.15, -0.1) is 0 Å². The molecule has 1 amide bonds. The van der Waals surface area contributed by atoms with E-state index in [-0.39, 0.29) is 5.91 Å². The molecule has 3 heteroatoms. The van der Waals surface area contributed by atoms with Gasteiger partial charge in [0.1, 0.15) is 0 Å². The molecule has 0 bridgehead atoms. The van der Waals surface area contributed by atoms with Crippen molar-refractivity contribution < 1.29 is 9.90 Å². The number of nitrogens with one attached hydrogen (secondary N) is 1. The second-order valence-electron chi connectivity index (χ2n) is 3.32. The standard InChI is InChI=1S/C10H11NO2/c1-6-2-3-7-8(4-6)10(13)11-5-9(7)12/h2-4,9,12H,5H2,1H3,(H,11,13). The molecule has 0 saturated heterocycles. The van der Waals surface area contributed by atoms with Crippen molar-refractivity contribution in [3.05, 3.63) is 34.9 Å². The maximum absolute atomic E-state index is 11.4. The Balaban J connectivity index is 2.57. The summed E-state index contributed by atoms with van der Waals surface area (Å²) in [5, 5.41) is 12.2. The van der Waals surface area contributed by atoms with Gasteiger partial charge in [0.05, 0.1) is 6.10 Å². The summed E-state index contributed by atoms with van der Waals surface area (Å²) in [5.74, 6) is -0.0935. The van der Waals surface area contributed by atoms with Crippen LogP contribution in [0.1, 0.15) is 27.6 Å². The first kappa shape index (κ1) is 8.26. The van der Waals surface area contributed by atoms with Crippen molar-refractivity contribution in [2.24, 2.45) is 0 Å². The summed E-state index contributed by atoms with van der Waals surface area (Å²) in [6, 6.07) is 5.52. The number of hydrogen-bond donors (Lipinski definition) is 2. The van der Waals surface area contributed by atoms with Crippen molar-refractivity contribution in [3.8, 4) is 0 Å². The van der Waals surface area contributed by atoms with E-state index in [9.17, 15) is 9.90 Å². The number of aliphatic hydroxyl groups excluding tert-OH is 1. The summed E-state index contributed by atoms with van der Waals surface area (Å²) in [6.07, 6.45) is -0.562. The number of amides is 1. The van der Waals surface area contributed by atoms with Crippen LogP contribution in [-0.4, -0.2) is 17.6 Å². The SMILES string of the molecule is Cc1ccc2c(c1)C(=O)NCC2O. The zero-order chi connectivity index (χ0) is 9.42. The molecule has 1 atom stereocenters. The molecule has 0 radical (unpaired) electrons. The van der Waals surface area contributed by atoms with E-state index < -0.39 is 6.10 Å². The molecule has 1 unspecified atom stereocenters. The number of benzene rings is 1. The average Bonchev–Trinajstić information content (AvgIpc) is 2.12. The van der Waals surface area contributed by atoms with Crippen LogP contribution in [0.5, 0.6) is 0 Å². The zero-order valence-electron chi connectivity index (χ0n) is 7.37. The van der Waals surface area contributed by atoms with Crippen molar-refractivity contribution >= 4 is 5.91 Å². The van der Waals surface area contributed by atoms with Crippen LogP contribution in [-0.2, 0) is 0 Å². The zero-order valence-corrected chi connectivity index (χ0v) is 7.37. The molecule has 1 aromatic carbocycles. The van der Waals surface area contributed by atoms with E-state index in [1.54, 1.807) is 6.07 Å². The fraction of sp³-hybridized carbons (Fsp3) is 0.300. The van der Waals surface area contributed by atoms with Crippen LogP contribution in [0, 0.1) is 6.92 Å². The molecule has 1 aliphatic heterocycles. The number of carbonyl (C=O) groups excluding carboxylic acids is 1. The fourth-order valence-electron chi connectivity index (χ4n) is 1.55. The third-order valence-electron chi connectivity index (χ3n) is 2.27. The highest BCUT2D eigenvalue weighted by Crippen LogP contribution is 2.22. The van der Waals surface area contributed by atoms with Gasteiger partial charge in [0.15, 0.2) is 0 Å². The number of aryl methyl sites for hydroxylation is 1. The van der Waals surface area contributed by atoms with Gasteiger partial charge in [-0.3, -0.25) is 4.79 Å². The Labute approximate surface area is 76.4 Å². The van der Waals surface area contributed by atoms with Gasteiger partial charge >= 0.3 is 0 Å². The average molecular weight is 177 g/mol. The molecule has 3 nitrogen and oxygen atoms in total. The molecule has 13 heavy (non-hydrogen) atoms. The largest absolute Gasteiger partial charge is 0.387 e. The number of fused-ring (bicyclic) bond motifs is 1. The normalized spacial score (nSPS) is 20.8. The van der Waals surface area contributed by atoms with Crippen LogP contribution in [0.2, 0.25) is 0 Å². The van der Waals surface area contributed by atoms with Gasteiger partial charge in [-0.1, -0.05) is 17.7 Å². The minimum absolute atomic E-state index is 0.0935. The Morgan fingerprint density at radius 2 is 2.31 bits per heavy atom. The van der Waals surface area contributed by atoms with Crippen molar-refractivity contribution in [1.29, 1.82) is 0 Å². The molecule has 0 spiro atoms.